The van der Waals surface area contributed by atoms with Gasteiger partial charge in [0.25, 0.3) is 11.8 Å². The number of carbonyl (C=O) groups is 2. The fraction of sp³-hybridized carbons (Fsp3) is 0.308. The molecule has 1 aliphatic heterocycles. The zero-order valence-electron chi connectivity index (χ0n) is 11.4. The van der Waals surface area contributed by atoms with Gasteiger partial charge in [-0.2, -0.15) is 0 Å². The van der Waals surface area contributed by atoms with E-state index in [1.165, 1.54) is 4.90 Å². The van der Waals surface area contributed by atoms with Gasteiger partial charge >= 0.3 is 0 Å². The Balaban J connectivity index is 2.19. The molecule has 1 aromatic carbocycles. The normalized spacial score (nSPS) is 16.4. The van der Waals surface area contributed by atoms with Crippen LogP contribution in [0.15, 0.2) is 29.4 Å². The first-order chi connectivity index (χ1) is 9.41. The number of hydrazine groups is 1. The highest BCUT2D eigenvalue weighted by atomic mass is 16.2. The van der Waals surface area contributed by atoms with Crippen molar-refractivity contribution < 1.29 is 9.59 Å². The minimum absolute atomic E-state index is 0.263. The van der Waals surface area contributed by atoms with Crippen LogP contribution in [-0.4, -0.2) is 40.8 Å². The van der Waals surface area contributed by atoms with E-state index in [-0.39, 0.29) is 30.1 Å². The summed E-state index contributed by atoms with van der Waals surface area (Å²) in [4.78, 5) is 25.7. The maximum Gasteiger partial charge on any atom is 0.261 e. The SMILES string of the molecule is C[C@H](C/C(N)=N/N(C)N)N1C(=O)c2ccccc2C1=O. The van der Waals surface area contributed by atoms with Gasteiger partial charge in [0, 0.05) is 19.5 Å². The van der Waals surface area contributed by atoms with Gasteiger partial charge in [0.1, 0.15) is 5.84 Å². The van der Waals surface area contributed by atoms with Crippen molar-refractivity contribution in [3.63, 3.8) is 0 Å². The van der Waals surface area contributed by atoms with E-state index in [0.717, 1.165) is 5.12 Å². The first kappa shape index (κ1) is 14.0. The van der Waals surface area contributed by atoms with E-state index < -0.39 is 0 Å². The largest absolute Gasteiger partial charge is 0.386 e. The number of rotatable bonds is 4. The molecule has 20 heavy (non-hydrogen) atoms. The van der Waals surface area contributed by atoms with E-state index in [2.05, 4.69) is 5.10 Å². The van der Waals surface area contributed by atoms with Crippen LogP contribution in [0.5, 0.6) is 0 Å². The van der Waals surface area contributed by atoms with Gasteiger partial charge in [-0.25, -0.2) is 11.0 Å². The van der Waals surface area contributed by atoms with Crippen molar-refractivity contribution in [3.05, 3.63) is 35.4 Å². The Morgan fingerprint density at radius 2 is 1.80 bits per heavy atom. The van der Waals surface area contributed by atoms with Crippen LogP contribution in [0, 0.1) is 0 Å². The van der Waals surface area contributed by atoms with Crippen LogP contribution >= 0.6 is 0 Å². The summed E-state index contributed by atoms with van der Waals surface area (Å²) in [5.41, 5.74) is 6.57. The summed E-state index contributed by atoms with van der Waals surface area (Å²) in [6, 6.07) is 6.38. The van der Waals surface area contributed by atoms with Gasteiger partial charge in [-0.3, -0.25) is 14.5 Å². The Hall–Kier alpha value is -2.41. The van der Waals surface area contributed by atoms with Crippen molar-refractivity contribution in [1.29, 1.82) is 0 Å². The average Bonchev–Trinajstić information content (AvgIpc) is 2.61. The second-order valence-electron chi connectivity index (χ2n) is 4.74. The number of amides is 2. The molecule has 0 spiro atoms. The van der Waals surface area contributed by atoms with Gasteiger partial charge in [0.05, 0.1) is 11.1 Å². The first-order valence-electron chi connectivity index (χ1n) is 6.20. The summed E-state index contributed by atoms with van der Waals surface area (Å²) in [7, 11) is 1.54. The lowest BCUT2D eigenvalue weighted by molar-refractivity contribution is 0.0601. The Morgan fingerprint density at radius 3 is 2.25 bits per heavy atom. The van der Waals surface area contributed by atoms with Crippen molar-refractivity contribution in [2.45, 2.75) is 19.4 Å². The molecule has 1 heterocycles. The highest BCUT2D eigenvalue weighted by Gasteiger charge is 2.38. The molecule has 1 aromatic rings. The predicted octanol–water partition coefficient (Wildman–Crippen LogP) is 0.139. The number of fused-ring (bicyclic) bond motifs is 1. The summed E-state index contributed by atoms with van der Waals surface area (Å²) in [6.07, 6.45) is 0.271. The van der Waals surface area contributed by atoms with Gasteiger partial charge < -0.3 is 5.73 Å². The first-order valence-corrected chi connectivity index (χ1v) is 6.20. The second kappa shape index (κ2) is 5.30. The number of nitrogens with two attached hydrogens (primary N) is 2. The average molecular weight is 275 g/mol. The third kappa shape index (κ3) is 2.48. The van der Waals surface area contributed by atoms with Crippen molar-refractivity contribution in [3.8, 4) is 0 Å². The van der Waals surface area contributed by atoms with E-state index in [1.54, 1.807) is 38.2 Å². The Kier molecular flexibility index (Phi) is 3.71. The molecule has 7 heteroatoms. The molecular weight excluding hydrogens is 258 g/mol. The summed E-state index contributed by atoms with van der Waals surface area (Å²) in [6.45, 7) is 1.75. The zero-order valence-corrected chi connectivity index (χ0v) is 11.4. The van der Waals surface area contributed by atoms with Crippen molar-refractivity contribution in [2.75, 3.05) is 7.05 Å². The topological polar surface area (TPSA) is 105 Å². The Bertz CT molecular complexity index is 547. The summed E-state index contributed by atoms with van der Waals surface area (Å²) < 4.78 is 0. The lowest BCUT2D eigenvalue weighted by atomic mass is 10.1. The number of benzene rings is 1. The molecule has 0 bridgehead atoms. The van der Waals surface area contributed by atoms with Crippen LogP contribution in [0.2, 0.25) is 0 Å². The van der Waals surface area contributed by atoms with E-state index in [0.29, 0.717) is 11.1 Å². The van der Waals surface area contributed by atoms with E-state index in [9.17, 15) is 9.59 Å². The maximum absolute atomic E-state index is 12.2. The fourth-order valence-electron chi connectivity index (χ4n) is 2.25. The summed E-state index contributed by atoms with van der Waals surface area (Å²) in [5.74, 6) is 5.03. The highest BCUT2D eigenvalue weighted by Crippen LogP contribution is 2.25. The van der Waals surface area contributed by atoms with Crippen LogP contribution in [0.4, 0.5) is 0 Å². The lowest BCUT2D eigenvalue weighted by Crippen LogP contribution is -2.40. The standard InChI is InChI=1S/C13H17N5O2/c1-8(7-11(14)16-17(2)15)18-12(19)9-5-3-4-6-10(9)13(18)20/h3-6,8H,7,15H2,1-2H3,(H2,14,16)/t8-/m1/s1. The number of hydrogen-bond donors (Lipinski definition) is 2. The number of hydrazone groups is 1. The number of nitrogens with zero attached hydrogens (tertiary/aromatic N) is 3. The van der Waals surface area contributed by atoms with Crippen LogP contribution in [0.25, 0.3) is 0 Å². The molecule has 0 aliphatic carbocycles. The molecule has 1 atom stereocenters. The molecule has 0 unspecified atom stereocenters. The minimum Gasteiger partial charge on any atom is -0.386 e. The van der Waals surface area contributed by atoms with Crippen LogP contribution in [-0.2, 0) is 0 Å². The number of imide groups is 1. The maximum atomic E-state index is 12.2. The van der Waals surface area contributed by atoms with Gasteiger partial charge in [-0.15, -0.1) is 5.10 Å². The molecule has 1 aliphatic rings. The van der Waals surface area contributed by atoms with Gasteiger partial charge in [-0.1, -0.05) is 12.1 Å². The predicted molar refractivity (Wildman–Crippen MR) is 74.6 cm³/mol. The molecule has 4 N–H and O–H groups in total. The molecule has 7 nitrogen and oxygen atoms in total. The van der Waals surface area contributed by atoms with Crippen LogP contribution < -0.4 is 11.6 Å². The molecule has 0 radical (unpaired) electrons. The fourth-order valence-corrected chi connectivity index (χ4v) is 2.25. The Labute approximate surface area is 116 Å². The molecule has 106 valence electrons. The monoisotopic (exact) mass is 275 g/mol. The third-order valence-corrected chi connectivity index (χ3v) is 3.06. The quantitative estimate of drug-likeness (QED) is 0.267. The molecule has 0 aromatic heterocycles. The van der Waals surface area contributed by atoms with E-state index in [4.69, 9.17) is 11.6 Å². The van der Waals surface area contributed by atoms with E-state index >= 15 is 0 Å². The summed E-state index contributed by atoms with van der Waals surface area (Å²) in [5, 5.41) is 4.93. The van der Waals surface area contributed by atoms with Crippen molar-refractivity contribution in [1.82, 2.24) is 10.0 Å². The highest BCUT2D eigenvalue weighted by molar-refractivity contribution is 6.21. The van der Waals surface area contributed by atoms with Crippen LogP contribution in [0.1, 0.15) is 34.1 Å². The van der Waals surface area contributed by atoms with E-state index in [1.807, 2.05) is 0 Å². The second-order valence-corrected chi connectivity index (χ2v) is 4.74. The molecule has 0 saturated carbocycles. The number of hydrogen-bond acceptors (Lipinski definition) is 5. The lowest BCUT2D eigenvalue weighted by Gasteiger charge is -2.22. The molecule has 2 rings (SSSR count). The summed E-state index contributed by atoms with van der Waals surface area (Å²) >= 11 is 0. The molecule has 0 fully saturated rings. The smallest absolute Gasteiger partial charge is 0.261 e. The van der Waals surface area contributed by atoms with Gasteiger partial charge in [0.15, 0.2) is 0 Å². The number of amidine groups is 1. The molecule has 2 amide bonds. The minimum atomic E-state index is -0.383. The number of carbonyl (C=O) groups excluding carboxylic acids is 2. The van der Waals surface area contributed by atoms with Gasteiger partial charge in [0.2, 0.25) is 0 Å². The van der Waals surface area contributed by atoms with Gasteiger partial charge in [-0.05, 0) is 19.1 Å². The Morgan fingerprint density at radius 1 is 1.30 bits per heavy atom. The van der Waals surface area contributed by atoms with Crippen LogP contribution in [0.3, 0.4) is 0 Å². The molecular formula is C13H17N5O2. The third-order valence-electron chi connectivity index (χ3n) is 3.06. The zero-order chi connectivity index (χ0) is 14.9. The van der Waals surface area contributed by atoms with Crippen molar-refractivity contribution >= 4 is 17.6 Å². The molecule has 0 saturated heterocycles. The van der Waals surface area contributed by atoms with Crippen molar-refractivity contribution in [2.24, 2.45) is 16.7 Å².